The van der Waals surface area contributed by atoms with Gasteiger partial charge in [-0.05, 0) is 42.0 Å². The molecule has 1 aliphatic rings. The second-order valence-electron chi connectivity index (χ2n) is 6.76. The van der Waals surface area contributed by atoms with Crippen LogP contribution in [0.2, 0.25) is 0 Å². The van der Waals surface area contributed by atoms with Crippen molar-refractivity contribution in [1.29, 1.82) is 0 Å². The highest BCUT2D eigenvalue weighted by Gasteiger charge is 2.14. The molecule has 0 radical (unpaired) electrons. The van der Waals surface area contributed by atoms with E-state index in [1.165, 1.54) is 11.8 Å². The molecule has 158 valence electrons. The highest BCUT2D eigenvalue weighted by molar-refractivity contribution is 8.00. The van der Waals surface area contributed by atoms with Crippen LogP contribution in [0, 0.1) is 0 Å². The molecule has 0 unspecified atom stereocenters. The van der Waals surface area contributed by atoms with Crippen molar-refractivity contribution in [2.24, 2.45) is 0 Å². The zero-order valence-corrected chi connectivity index (χ0v) is 17.5. The summed E-state index contributed by atoms with van der Waals surface area (Å²) < 4.78 is 16.5. The topological polar surface area (TPSA) is 73.9 Å². The van der Waals surface area contributed by atoms with E-state index in [1.54, 1.807) is 24.3 Å². The Morgan fingerprint density at radius 3 is 2.55 bits per heavy atom. The van der Waals surface area contributed by atoms with Crippen LogP contribution in [0.5, 0.6) is 17.2 Å². The molecule has 0 aliphatic carbocycles. The number of fused-ring (bicyclic) bond motifs is 1. The molecule has 0 spiro atoms. The number of benzene rings is 3. The van der Waals surface area contributed by atoms with Crippen molar-refractivity contribution in [2.75, 3.05) is 19.0 Å². The summed E-state index contributed by atoms with van der Waals surface area (Å²) in [5.74, 6) is 1.22. The Bertz CT molecular complexity index is 1070. The maximum atomic E-state index is 12.4. The Morgan fingerprint density at radius 1 is 0.903 bits per heavy atom. The van der Waals surface area contributed by atoms with E-state index in [9.17, 15) is 9.59 Å². The zero-order valence-electron chi connectivity index (χ0n) is 16.7. The Hall–Kier alpha value is -3.45. The lowest BCUT2D eigenvalue weighted by molar-refractivity contribution is -0.131. The van der Waals surface area contributed by atoms with Gasteiger partial charge in [0, 0.05) is 17.0 Å². The molecule has 0 atom stereocenters. The van der Waals surface area contributed by atoms with Crippen molar-refractivity contribution < 1.29 is 23.8 Å². The van der Waals surface area contributed by atoms with Gasteiger partial charge in [0.15, 0.2) is 11.5 Å². The minimum atomic E-state index is -0.401. The summed E-state index contributed by atoms with van der Waals surface area (Å²) in [6, 6.07) is 21.8. The lowest BCUT2D eigenvalue weighted by Gasteiger charge is -2.18. The molecule has 0 saturated heterocycles. The highest BCUT2D eigenvalue weighted by atomic mass is 32.2. The van der Waals surface area contributed by atoms with Gasteiger partial charge in [-0.1, -0.05) is 36.4 Å². The van der Waals surface area contributed by atoms with E-state index < -0.39 is 5.97 Å². The summed E-state index contributed by atoms with van der Waals surface area (Å²) in [7, 11) is 0. The summed E-state index contributed by atoms with van der Waals surface area (Å²) in [5, 5.41) is 2.86. The number of thioether (sulfide) groups is 1. The summed E-state index contributed by atoms with van der Waals surface area (Å²) in [4.78, 5) is 25.6. The number of carbonyl (C=O) groups is 2. The molecule has 0 saturated carbocycles. The maximum absolute atomic E-state index is 12.4. The van der Waals surface area contributed by atoms with Gasteiger partial charge in [-0.15, -0.1) is 11.8 Å². The van der Waals surface area contributed by atoms with E-state index in [0.29, 0.717) is 42.6 Å². The molecule has 0 fully saturated rings. The molecule has 7 heteroatoms. The first-order valence-electron chi connectivity index (χ1n) is 9.83. The number of ether oxygens (including phenoxy) is 3. The molecule has 1 N–H and O–H groups in total. The summed E-state index contributed by atoms with van der Waals surface area (Å²) in [6.07, 6.45) is 0. The number of hydrogen-bond donors (Lipinski definition) is 1. The lowest BCUT2D eigenvalue weighted by atomic mass is 10.2. The van der Waals surface area contributed by atoms with E-state index in [0.717, 1.165) is 10.5 Å². The molecule has 0 bridgehead atoms. The zero-order chi connectivity index (χ0) is 21.5. The van der Waals surface area contributed by atoms with Crippen LogP contribution in [-0.2, 0) is 11.3 Å². The Labute approximate surface area is 184 Å². The number of amides is 1. The van der Waals surface area contributed by atoms with Gasteiger partial charge in [0.1, 0.15) is 19.0 Å². The summed E-state index contributed by atoms with van der Waals surface area (Å²) >= 11 is 1.35. The average Bonchev–Trinajstić information content (AvgIpc) is 2.82. The van der Waals surface area contributed by atoms with Crippen LogP contribution in [-0.4, -0.2) is 30.8 Å². The summed E-state index contributed by atoms with van der Waals surface area (Å²) in [5.41, 5.74) is 1.44. The van der Waals surface area contributed by atoms with Crippen molar-refractivity contribution in [2.45, 2.75) is 11.4 Å². The van der Waals surface area contributed by atoms with Gasteiger partial charge in [0.2, 0.25) is 0 Å². The van der Waals surface area contributed by atoms with Crippen molar-refractivity contribution in [3.05, 3.63) is 83.9 Å². The van der Waals surface area contributed by atoms with Gasteiger partial charge in [-0.3, -0.25) is 9.59 Å². The molecule has 31 heavy (non-hydrogen) atoms. The number of carbonyl (C=O) groups excluding carboxylic acids is 2. The van der Waals surface area contributed by atoms with E-state index in [-0.39, 0.29) is 11.7 Å². The fraction of sp³-hybridized carbons (Fsp3) is 0.167. The molecule has 1 heterocycles. The van der Waals surface area contributed by atoms with Crippen LogP contribution in [0.1, 0.15) is 15.9 Å². The number of rotatable bonds is 7. The van der Waals surface area contributed by atoms with Crippen molar-refractivity contribution in [1.82, 2.24) is 5.32 Å². The average molecular weight is 436 g/mol. The van der Waals surface area contributed by atoms with Gasteiger partial charge >= 0.3 is 5.97 Å². The van der Waals surface area contributed by atoms with Crippen LogP contribution in [0.15, 0.2) is 77.7 Å². The standard InChI is InChI=1S/C24H21NO5S/c26-23(16-31-20-9-10-21-22(14-20)29-12-11-28-21)30-19-8-4-7-18(13-19)24(27)25-15-17-5-2-1-3-6-17/h1-10,13-14H,11-12,15-16H2,(H,25,27). The van der Waals surface area contributed by atoms with E-state index in [1.807, 2.05) is 48.5 Å². The fourth-order valence-corrected chi connectivity index (χ4v) is 3.70. The first-order chi connectivity index (χ1) is 15.2. The number of esters is 1. The Kier molecular flexibility index (Phi) is 6.74. The quantitative estimate of drug-likeness (QED) is 0.342. The van der Waals surface area contributed by atoms with E-state index in [2.05, 4.69) is 5.32 Å². The van der Waals surface area contributed by atoms with E-state index >= 15 is 0 Å². The first kappa shape index (κ1) is 20.8. The van der Waals surface area contributed by atoms with Crippen LogP contribution in [0.25, 0.3) is 0 Å². The predicted octanol–water partition coefficient (Wildman–Crippen LogP) is 4.09. The molecule has 3 aromatic carbocycles. The van der Waals surface area contributed by atoms with Crippen LogP contribution < -0.4 is 19.5 Å². The second kappa shape index (κ2) is 10.0. The molecular formula is C24H21NO5S. The minimum absolute atomic E-state index is 0.129. The Morgan fingerprint density at radius 2 is 1.71 bits per heavy atom. The molecule has 6 nitrogen and oxygen atoms in total. The molecule has 1 amide bonds. The largest absolute Gasteiger partial charge is 0.486 e. The van der Waals surface area contributed by atoms with E-state index in [4.69, 9.17) is 14.2 Å². The van der Waals surface area contributed by atoms with Gasteiger partial charge in [0.05, 0.1) is 5.75 Å². The third-order valence-electron chi connectivity index (χ3n) is 4.49. The molecule has 1 aliphatic heterocycles. The first-order valence-corrected chi connectivity index (χ1v) is 10.8. The predicted molar refractivity (Wildman–Crippen MR) is 118 cm³/mol. The molecule has 4 rings (SSSR count). The van der Waals surface area contributed by atoms with Crippen molar-refractivity contribution in [3.63, 3.8) is 0 Å². The monoisotopic (exact) mass is 435 g/mol. The number of hydrogen-bond acceptors (Lipinski definition) is 6. The van der Waals surface area contributed by atoms with Gasteiger partial charge < -0.3 is 19.5 Å². The van der Waals surface area contributed by atoms with Crippen molar-refractivity contribution in [3.8, 4) is 17.2 Å². The smallest absolute Gasteiger partial charge is 0.321 e. The lowest BCUT2D eigenvalue weighted by Crippen LogP contribution is -2.22. The normalized spacial score (nSPS) is 12.1. The van der Waals surface area contributed by atoms with Gasteiger partial charge in [-0.2, -0.15) is 0 Å². The third-order valence-corrected chi connectivity index (χ3v) is 5.46. The summed E-state index contributed by atoms with van der Waals surface area (Å²) in [6.45, 7) is 1.48. The van der Waals surface area contributed by atoms with Crippen molar-refractivity contribution >= 4 is 23.6 Å². The van der Waals surface area contributed by atoms with Gasteiger partial charge in [0.25, 0.3) is 5.91 Å². The fourth-order valence-electron chi connectivity index (χ4n) is 3.00. The molecular weight excluding hydrogens is 414 g/mol. The van der Waals surface area contributed by atoms with Gasteiger partial charge in [-0.25, -0.2) is 0 Å². The van der Waals surface area contributed by atoms with Crippen LogP contribution >= 0.6 is 11.8 Å². The molecule has 3 aromatic rings. The second-order valence-corrected chi connectivity index (χ2v) is 7.81. The molecule has 0 aromatic heterocycles. The minimum Gasteiger partial charge on any atom is -0.486 e. The third kappa shape index (κ3) is 5.79. The number of nitrogens with one attached hydrogen (secondary N) is 1. The Balaban J connectivity index is 1.30. The van der Waals surface area contributed by atoms with Crippen LogP contribution in [0.4, 0.5) is 0 Å². The SMILES string of the molecule is O=C(CSc1ccc2c(c1)OCCO2)Oc1cccc(C(=O)NCc2ccccc2)c1. The van der Waals surface area contributed by atoms with Crippen LogP contribution in [0.3, 0.4) is 0 Å². The highest BCUT2D eigenvalue weighted by Crippen LogP contribution is 2.34. The maximum Gasteiger partial charge on any atom is 0.321 e.